The third kappa shape index (κ3) is 4.62. The van der Waals surface area contributed by atoms with Crippen molar-refractivity contribution in [3.05, 3.63) is 0 Å². The Balaban J connectivity index is 3.73. The van der Waals surface area contributed by atoms with Crippen LogP contribution in [0.25, 0.3) is 0 Å². The van der Waals surface area contributed by atoms with Crippen LogP contribution in [0.3, 0.4) is 0 Å². The first-order valence-corrected chi connectivity index (χ1v) is 5.39. The molecule has 2 heteroatoms. The Labute approximate surface area is 88.7 Å². The Morgan fingerprint density at radius 2 is 1.71 bits per heavy atom. The number of nitrogens with one attached hydrogen (secondary N) is 1. The van der Waals surface area contributed by atoms with Gasteiger partial charge in [-0.3, -0.25) is 0 Å². The van der Waals surface area contributed by atoms with E-state index in [1.807, 2.05) is 0 Å². The van der Waals surface area contributed by atoms with Gasteiger partial charge in [0.25, 0.3) is 0 Å². The molecular formula is C12H24N2. The summed E-state index contributed by atoms with van der Waals surface area (Å²) in [7, 11) is 0. The van der Waals surface area contributed by atoms with Crippen molar-refractivity contribution in [1.82, 2.24) is 5.32 Å². The molecule has 0 amide bonds. The molecule has 0 aromatic carbocycles. The quantitative estimate of drug-likeness (QED) is 0.686. The summed E-state index contributed by atoms with van der Waals surface area (Å²) < 4.78 is 0. The molecule has 0 saturated heterocycles. The maximum Gasteiger partial charge on any atom is 0.0622 e. The Kier molecular flexibility index (Phi) is 5.15. The van der Waals surface area contributed by atoms with Gasteiger partial charge >= 0.3 is 0 Å². The van der Waals surface area contributed by atoms with Crippen molar-refractivity contribution in [2.75, 3.05) is 13.1 Å². The number of hydrogen-bond acceptors (Lipinski definition) is 2. The van der Waals surface area contributed by atoms with Crippen LogP contribution >= 0.6 is 0 Å². The Morgan fingerprint density at radius 3 is 2.14 bits per heavy atom. The van der Waals surface area contributed by atoms with E-state index in [-0.39, 0.29) is 0 Å². The second kappa shape index (κ2) is 5.36. The van der Waals surface area contributed by atoms with E-state index in [9.17, 15) is 0 Å². The monoisotopic (exact) mass is 196 g/mol. The van der Waals surface area contributed by atoms with Gasteiger partial charge in [-0.1, -0.05) is 34.6 Å². The molecule has 0 unspecified atom stereocenters. The molecule has 82 valence electrons. The van der Waals surface area contributed by atoms with Gasteiger partial charge in [0.15, 0.2) is 0 Å². The highest BCUT2D eigenvalue weighted by Gasteiger charge is 2.31. The van der Waals surface area contributed by atoms with E-state index in [0.29, 0.717) is 17.3 Å². The van der Waals surface area contributed by atoms with Crippen molar-refractivity contribution in [1.29, 1.82) is 5.26 Å². The number of hydrogen-bond donors (Lipinski definition) is 1. The van der Waals surface area contributed by atoms with Gasteiger partial charge in [0, 0.05) is 13.0 Å². The number of unbranched alkanes of at least 4 members (excludes halogenated alkanes) is 1. The molecule has 0 aliphatic carbocycles. The smallest absolute Gasteiger partial charge is 0.0622 e. The standard InChI is InChI=1S/C12H24N2/c1-11(2,3)12(4,5)10-14-9-7-6-8-13/h14H,6-7,9-10H2,1-5H3. The fourth-order valence-corrected chi connectivity index (χ4v) is 0.958. The van der Waals surface area contributed by atoms with Crippen LogP contribution in [0.5, 0.6) is 0 Å². The second-order valence-electron chi connectivity index (χ2n) is 5.57. The number of nitrogens with zero attached hydrogens (tertiary/aromatic N) is 1. The number of rotatable bonds is 5. The highest BCUT2D eigenvalue weighted by Crippen LogP contribution is 2.36. The summed E-state index contributed by atoms with van der Waals surface area (Å²) in [6, 6.07) is 2.16. The molecule has 0 fully saturated rings. The molecule has 0 heterocycles. The Hall–Kier alpha value is -0.550. The minimum Gasteiger partial charge on any atom is -0.316 e. The van der Waals surface area contributed by atoms with Gasteiger partial charge in [-0.15, -0.1) is 0 Å². The minimum atomic E-state index is 0.291. The average Bonchev–Trinajstić information content (AvgIpc) is 2.02. The molecule has 0 rings (SSSR count). The first-order valence-electron chi connectivity index (χ1n) is 5.39. The molecule has 0 aliphatic heterocycles. The predicted octanol–water partition coefficient (Wildman–Crippen LogP) is 2.95. The van der Waals surface area contributed by atoms with Gasteiger partial charge in [-0.2, -0.15) is 5.26 Å². The summed E-state index contributed by atoms with van der Waals surface area (Å²) in [4.78, 5) is 0. The van der Waals surface area contributed by atoms with Gasteiger partial charge in [-0.05, 0) is 23.8 Å². The van der Waals surface area contributed by atoms with Crippen molar-refractivity contribution in [3.8, 4) is 6.07 Å². The van der Waals surface area contributed by atoms with E-state index >= 15 is 0 Å². The molecule has 0 spiro atoms. The van der Waals surface area contributed by atoms with Gasteiger partial charge in [0.05, 0.1) is 6.07 Å². The van der Waals surface area contributed by atoms with Crippen molar-refractivity contribution >= 4 is 0 Å². The van der Waals surface area contributed by atoms with Crippen LogP contribution in [0.2, 0.25) is 0 Å². The van der Waals surface area contributed by atoms with Crippen LogP contribution in [-0.4, -0.2) is 13.1 Å². The maximum atomic E-state index is 8.38. The van der Waals surface area contributed by atoms with E-state index < -0.39 is 0 Å². The summed E-state index contributed by atoms with van der Waals surface area (Å²) in [5.74, 6) is 0. The summed E-state index contributed by atoms with van der Waals surface area (Å²) in [6.07, 6.45) is 1.61. The molecule has 0 aromatic rings. The van der Waals surface area contributed by atoms with Crippen LogP contribution in [0.4, 0.5) is 0 Å². The second-order valence-corrected chi connectivity index (χ2v) is 5.57. The lowest BCUT2D eigenvalue weighted by Gasteiger charge is -2.39. The fraction of sp³-hybridized carbons (Fsp3) is 0.917. The first-order chi connectivity index (χ1) is 6.31. The summed E-state index contributed by atoms with van der Waals surface area (Å²) in [5, 5.41) is 11.8. The lowest BCUT2D eigenvalue weighted by atomic mass is 9.69. The van der Waals surface area contributed by atoms with Crippen LogP contribution in [0.1, 0.15) is 47.5 Å². The molecular weight excluding hydrogens is 172 g/mol. The molecule has 0 bridgehead atoms. The van der Waals surface area contributed by atoms with Gasteiger partial charge in [0.2, 0.25) is 0 Å². The van der Waals surface area contributed by atoms with Crippen LogP contribution in [0.15, 0.2) is 0 Å². The van der Waals surface area contributed by atoms with E-state index in [2.05, 4.69) is 46.0 Å². The van der Waals surface area contributed by atoms with E-state index in [1.54, 1.807) is 0 Å². The average molecular weight is 196 g/mol. The molecule has 2 nitrogen and oxygen atoms in total. The summed E-state index contributed by atoms with van der Waals surface area (Å²) in [5.41, 5.74) is 0.606. The van der Waals surface area contributed by atoms with E-state index in [1.165, 1.54) is 0 Å². The molecule has 0 saturated carbocycles. The fourth-order valence-electron chi connectivity index (χ4n) is 0.958. The van der Waals surface area contributed by atoms with Crippen LogP contribution in [-0.2, 0) is 0 Å². The van der Waals surface area contributed by atoms with Crippen molar-refractivity contribution in [2.24, 2.45) is 10.8 Å². The maximum absolute atomic E-state index is 8.38. The summed E-state index contributed by atoms with van der Waals surface area (Å²) >= 11 is 0. The van der Waals surface area contributed by atoms with E-state index in [0.717, 1.165) is 19.5 Å². The third-order valence-corrected chi connectivity index (χ3v) is 3.24. The lowest BCUT2D eigenvalue weighted by molar-refractivity contribution is 0.129. The molecule has 0 radical (unpaired) electrons. The van der Waals surface area contributed by atoms with Crippen molar-refractivity contribution in [3.63, 3.8) is 0 Å². The zero-order valence-electron chi connectivity index (χ0n) is 10.3. The first kappa shape index (κ1) is 13.4. The molecule has 0 aliphatic rings. The van der Waals surface area contributed by atoms with Crippen LogP contribution in [0, 0.1) is 22.2 Å². The minimum absolute atomic E-state index is 0.291. The molecule has 0 aromatic heterocycles. The Bertz CT molecular complexity index is 193. The van der Waals surface area contributed by atoms with E-state index in [4.69, 9.17) is 5.26 Å². The third-order valence-electron chi connectivity index (χ3n) is 3.24. The van der Waals surface area contributed by atoms with Gasteiger partial charge in [-0.25, -0.2) is 0 Å². The number of nitriles is 1. The normalized spacial score (nSPS) is 12.6. The SMILES string of the molecule is CC(C)(C)C(C)(C)CNCCCC#N. The zero-order chi connectivity index (χ0) is 11.2. The topological polar surface area (TPSA) is 35.8 Å². The predicted molar refractivity (Wildman–Crippen MR) is 61.0 cm³/mol. The van der Waals surface area contributed by atoms with Gasteiger partial charge in [0.1, 0.15) is 0 Å². The van der Waals surface area contributed by atoms with Crippen LogP contribution < -0.4 is 5.32 Å². The van der Waals surface area contributed by atoms with Crippen molar-refractivity contribution < 1.29 is 0 Å². The van der Waals surface area contributed by atoms with Gasteiger partial charge < -0.3 is 5.32 Å². The van der Waals surface area contributed by atoms with Crippen molar-refractivity contribution in [2.45, 2.75) is 47.5 Å². The molecule has 1 N–H and O–H groups in total. The molecule has 0 atom stereocenters. The highest BCUT2D eigenvalue weighted by molar-refractivity contribution is 4.84. The highest BCUT2D eigenvalue weighted by atomic mass is 14.9. The zero-order valence-corrected chi connectivity index (χ0v) is 10.3. The largest absolute Gasteiger partial charge is 0.316 e. The lowest BCUT2D eigenvalue weighted by Crippen LogP contribution is -2.39. The Morgan fingerprint density at radius 1 is 1.14 bits per heavy atom. The molecule has 14 heavy (non-hydrogen) atoms. The summed E-state index contributed by atoms with van der Waals surface area (Å²) in [6.45, 7) is 13.3.